The van der Waals surface area contributed by atoms with Crippen molar-refractivity contribution in [2.24, 2.45) is 5.92 Å². The van der Waals surface area contributed by atoms with Crippen LogP contribution in [-0.2, 0) is 13.1 Å². The van der Waals surface area contributed by atoms with E-state index >= 15 is 0 Å². The van der Waals surface area contributed by atoms with Crippen LogP contribution >= 0.6 is 0 Å². The molecular formula is C27H29N3O3. The van der Waals surface area contributed by atoms with E-state index in [1.807, 2.05) is 67.6 Å². The second-order valence-corrected chi connectivity index (χ2v) is 8.66. The number of rotatable bonds is 7. The number of nitrogens with zero attached hydrogens (tertiary/aromatic N) is 2. The molecule has 0 aliphatic rings. The van der Waals surface area contributed by atoms with Crippen molar-refractivity contribution >= 4 is 22.5 Å². The Morgan fingerprint density at radius 2 is 1.67 bits per heavy atom. The molecule has 0 fully saturated rings. The number of anilines is 1. The number of hydrogen-bond acceptors (Lipinski definition) is 3. The summed E-state index contributed by atoms with van der Waals surface area (Å²) in [6.07, 6.45) is 3.36. The summed E-state index contributed by atoms with van der Waals surface area (Å²) in [5, 5.41) is 4.39. The standard InChI is InChI=1S/C27H29N3O3/c1-19(2)16-29-18-25(23-13-7-8-14-24(23)26(29)31)28-27(32)30(17-22-12-9-15-33-22)20(3)21-10-5-4-6-11-21/h4-15,18-20H,16-17H2,1-3H3,(H,28,32)/t20-/m1/s1. The largest absolute Gasteiger partial charge is 0.467 e. The minimum Gasteiger partial charge on any atom is -0.467 e. The molecule has 4 aromatic rings. The molecule has 0 aliphatic heterocycles. The normalized spacial score (nSPS) is 12.1. The Kier molecular flexibility index (Phi) is 6.63. The van der Waals surface area contributed by atoms with Crippen molar-refractivity contribution in [2.75, 3.05) is 5.32 Å². The molecule has 0 radical (unpaired) electrons. The van der Waals surface area contributed by atoms with Crippen LogP contribution in [0.15, 0.2) is 88.4 Å². The zero-order chi connectivity index (χ0) is 23.4. The molecule has 1 N–H and O–H groups in total. The minimum atomic E-state index is -0.261. The van der Waals surface area contributed by atoms with Gasteiger partial charge in [-0.25, -0.2) is 4.79 Å². The van der Waals surface area contributed by atoms with Gasteiger partial charge in [0, 0.05) is 23.5 Å². The second kappa shape index (κ2) is 9.77. The number of fused-ring (bicyclic) bond motifs is 1. The Labute approximate surface area is 193 Å². The summed E-state index contributed by atoms with van der Waals surface area (Å²) in [6, 6.07) is 20.5. The van der Waals surface area contributed by atoms with Gasteiger partial charge in [-0.3, -0.25) is 4.79 Å². The third-order valence-corrected chi connectivity index (χ3v) is 5.71. The lowest BCUT2D eigenvalue weighted by molar-refractivity contribution is 0.183. The highest BCUT2D eigenvalue weighted by molar-refractivity contribution is 6.01. The molecule has 0 aliphatic carbocycles. The Morgan fingerprint density at radius 1 is 0.970 bits per heavy atom. The maximum Gasteiger partial charge on any atom is 0.322 e. The van der Waals surface area contributed by atoms with Crippen LogP contribution in [0.1, 0.15) is 38.1 Å². The number of furan rings is 1. The summed E-state index contributed by atoms with van der Waals surface area (Å²) >= 11 is 0. The molecule has 6 nitrogen and oxygen atoms in total. The molecule has 2 heterocycles. The van der Waals surface area contributed by atoms with E-state index in [-0.39, 0.29) is 17.6 Å². The van der Waals surface area contributed by atoms with Crippen molar-refractivity contribution in [2.45, 2.75) is 39.9 Å². The molecule has 2 amide bonds. The minimum absolute atomic E-state index is 0.0533. The highest BCUT2D eigenvalue weighted by atomic mass is 16.3. The van der Waals surface area contributed by atoms with Crippen molar-refractivity contribution in [3.8, 4) is 0 Å². The summed E-state index contributed by atoms with van der Waals surface area (Å²) < 4.78 is 7.21. The monoisotopic (exact) mass is 443 g/mol. The summed E-state index contributed by atoms with van der Waals surface area (Å²) in [6.45, 7) is 7.01. The molecule has 0 bridgehead atoms. The number of carbonyl (C=O) groups is 1. The zero-order valence-electron chi connectivity index (χ0n) is 19.2. The predicted molar refractivity (Wildman–Crippen MR) is 131 cm³/mol. The molecule has 0 saturated carbocycles. The topological polar surface area (TPSA) is 67.5 Å². The van der Waals surface area contributed by atoms with E-state index in [0.717, 1.165) is 10.9 Å². The van der Waals surface area contributed by atoms with Crippen LogP contribution in [-0.4, -0.2) is 15.5 Å². The molecular weight excluding hydrogens is 414 g/mol. The SMILES string of the molecule is CC(C)Cn1cc(NC(=O)N(Cc2ccco2)[C@H](C)c2ccccc2)c2ccccc2c1=O. The highest BCUT2D eigenvalue weighted by Gasteiger charge is 2.24. The maximum atomic E-state index is 13.6. The Hall–Kier alpha value is -3.80. The van der Waals surface area contributed by atoms with E-state index < -0.39 is 0 Å². The molecule has 6 heteroatoms. The van der Waals surface area contributed by atoms with Gasteiger partial charge < -0.3 is 19.2 Å². The molecule has 1 atom stereocenters. The lowest BCUT2D eigenvalue weighted by Crippen LogP contribution is -2.37. The summed E-state index contributed by atoms with van der Waals surface area (Å²) in [7, 11) is 0. The number of pyridine rings is 1. The van der Waals surface area contributed by atoms with Crippen LogP contribution in [0.5, 0.6) is 0 Å². The highest BCUT2D eigenvalue weighted by Crippen LogP contribution is 2.26. The fourth-order valence-electron chi connectivity index (χ4n) is 4.03. The summed E-state index contributed by atoms with van der Waals surface area (Å²) in [5.41, 5.74) is 1.58. The van der Waals surface area contributed by atoms with Crippen LogP contribution in [0.3, 0.4) is 0 Å². The van der Waals surface area contributed by atoms with Crippen LogP contribution in [0.4, 0.5) is 10.5 Å². The van der Waals surface area contributed by atoms with Gasteiger partial charge >= 0.3 is 6.03 Å². The number of carbonyl (C=O) groups excluding carboxylic acids is 1. The average molecular weight is 444 g/mol. The van der Waals surface area contributed by atoms with E-state index in [9.17, 15) is 9.59 Å². The average Bonchev–Trinajstić information content (AvgIpc) is 3.33. The number of amides is 2. The van der Waals surface area contributed by atoms with Crippen molar-refractivity contribution in [1.29, 1.82) is 0 Å². The fraction of sp³-hybridized carbons (Fsp3) is 0.259. The molecule has 0 saturated heterocycles. The van der Waals surface area contributed by atoms with Gasteiger partial charge in [0.2, 0.25) is 0 Å². The molecule has 170 valence electrons. The first-order valence-electron chi connectivity index (χ1n) is 11.2. The van der Waals surface area contributed by atoms with E-state index in [1.165, 1.54) is 0 Å². The summed E-state index contributed by atoms with van der Waals surface area (Å²) in [4.78, 5) is 28.3. The predicted octanol–water partition coefficient (Wildman–Crippen LogP) is 6.05. The first-order chi connectivity index (χ1) is 15.9. The van der Waals surface area contributed by atoms with Gasteiger partial charge in [0.1, 0.15) is 5.76 Å². The molecule has 2 aromatic carbocycles. The number of aromatic nitrogens is 1. The van der Waals surface area contributed by atoms with Crippen molar-refractivity contribution in [3.05, 3.63) is 101 Å². The Bertz CT molecular complexity index is 1280. The maximum absolute atomic E-state index is 13.6. The molecule has 33 heavy (non-hydrogen) atoms. The first-order valence-corrected chi connectivity index (χ1v) is 11.2. The number of hydrogen-bond donors (Lipinski definition) is 1. The molecule has 0 spiro atoms. The number of benzene rings is 2. The van der Waals surface area contributed by atoms with Gasteiger partial charge in [-0.15, -0.1) is 0 Å². The summed E-state index contributed by atoms with van der Waals surface area (Å²) in [5.74, 6) is 0.989. The van der Waals surface area contributed by atoms with Gasteiger partial charge in [0.15, 0.2) is 0 Å². The lowest BCUT2D eigenvalue weighted by atomic mass is 10.1. The zero-order valence-corrected chi connectivity index (χ0v) is 19.2. The van der Waals surface area contributed by atoms with Crippen LogP contribution in [0.2, 0.25) is 0 Å². The molecule has 0 unspecified atom stereocenters. The third kappa shape index (κ3) is 5.00. The smallest absolute Gasteiger partial charge is 0.322 e. The van der Waals surface area contributed by atoms with Gasteiger partial charge in [-0.2, -0.15) is 0 Å². The van der Waals surface area contributed by atoms with Crippen molar-refractivity contribution in [1.82, 2.24) is 9.47 Å². The van der Waals surface area contributed by atoms with Crippen LogP contribution in [0.25, 0.3) is 10.8 Å². The number of nitrogens with one attached hydrogen (secondary N) is 1. The van der Waals surface area contributed by atoms with Gasteiger partial charge in [0.25, 0.3) is 5.56 Å². The third-order valence-electron chi connectivity index (χ3n) is 5.71. The molecule has 2 aromatic heterocycles. The second-order valence-electron chi connectivity index (χ2n) is 8.66. The van der Waals surface area contributed by atoms with E-state index in [0.29, 0.717) is 35.8 Å². The van der Waals surface area contributed by atoms with E-state index in [2.05, 4.69) is 19.2 Å². The van der Waals surface area contributed by atoms with Crippen LogP contribution < -0.4 is 10.9 Å². The van der Waals surface area contributed by atoms with Crippen molar-refractivity contribution < 1.29 is 9.21 Å². The fourth-order valence-corrected chi connectivity index (χ4v) is 4.03. The van der Waals surface area contributed by atoms with Gasteiger partial charge in [-0.05, 0) is 36.6 Å². The van der Waals surface area contributed by atoms with Gasteiger partial charge in [-0.1, -0.05) is 62.4 Å². The van der Waals surface area contributed by atoms with Crippen molar-refractivity contribution in [3.63, 3.8) is 0 Å². The van der Waals surface area contributed by atoms with Crippen LogP contribution in [0, 0.1) is 5.92 Å². The van der Waals surface area contributed by atoms with E-state index in [4.69, 9.17) is 4.42 Å². The first kappa shape index (κ1) is 22.4. The van der Waals surface area contributed by atoms with E-state index in [1.54, 1.807) is 28.0 Å². The number of urea groups is 1. The molecule has 4 rings (SSSR count). The Balaban J connectivity index is 1.71. The quantitative estimate of drug-likeness (QED) is 0.378. The Morgan fingerprint density at radius 3 is 2.33 bits per heavy atom. The lowest BCUT2D eigenvalue weighted by Gasteiger charge is -2.29. The van der Waals surface area contributed by atoms with Gasteiger partial charge in [0.05, 0.1) is 24.5 Å².